The van der Waals surface area contributed by atoms with Crippen molar-refractivity contribution in [2.75, 3.05) is 0 Å². The van der Waals surface area contributed by atoms with E-state index in [0.717, 1.165) is 11.3 Å². The Balaban J connectivity index is 1.83. The minimum absolute atomic E-state index is 0.110. The van der Waals surface area contributed by atoms with Crippen LogP contribution in [-0.2, 0) is 0 Å². The van der Waals surface area contributed by atoms with E-state index in [1.54, 1.807) is 36.4 Å². The zero-order chi connectivity index (χ0) is 19.2. The lowest BCUT2D eigenvalue weighted by Gasteiger charge is -2.06. The molecule has 134 valence electrons. The first kappa shape index (κ1) is 18.0. The first-order valence-electron chi connectivity index (χ1n) is 8.19. The highest BCUT2D eigenvalue weighted by atomic mass is 16.6. The third kappa shape index (κ3) is 4.64. The third-order valence-electron chi connectivity index (χ3n) is 3.79. The number of nitro benzene ring substituents is 1. The number of hydrogen-bond acceptors (Lipinski definition) is 5. The number of aliphatic imine (C=N–C) groups is 1. The summed E-state index contributed by atoms with van der Waals surface area (Å²) >= 11 is 0. The highest BCUT2D eigenvalue weighted by molar-refractivity contribution is 5.92. The van der Waals surface area contributed by atoms with Crippen LogP contribution in [0.15, 0.2) is 77.8 Å². The predicted molar refractivity (Wildman–Crippen MR) is 103 cm³/mol. The largest absolute Gasteiger partial charge is 0.416 e. The van der Waals surface area contributed by atoms with E-state index in [2.05, 4.69) is 4.99 Å². The number of hydrogen-bond donors (Lipinski definition) is 0. The Labute approximate surface area is 155 Å². The molecule has 0 radical (unpaired) electrons. The molecule has 0 saturated carbocycles. The van der Waals surface area contributed by atoms with Crippen LogP contribution >= 0.6 is 0 Å². The minimum atomic E-state index is -0.653. The van der Waals surface area contributed by atoms with Crippen molar-refractivity contribution in [3.63, 3.8) is 0 Å². The van der Waals surface area contributed by atoms with Crippen LogP contribution in [0.1, 0.15) is 21.5 Å². The van der Waals surface area contributed by atoms with E-state index >= 15 is 0 Å². The van der Waals surface area contributed by atoms with E-state index in [4.69, 9.17) is 4.74 Å². The molecule has 3 aromatic rings. The third-order valence-corrected chi connectivity index (χ3v) is 3.79. The molecule has 27 heavy (non-hydrogen) atoms. The van der Waals surface area contributed by atoms with Crippen LogP contribution in [0.4, 0.5) is 11.4 Å². The summed E-state index contributed by atoms with van der Waals surface area (Å²) in [5, 5.41) is 11.4. The first-order chi connectivity index (χ1) is 13.0. The molecule has 6 nitrogen and oxygen atoms in total. The number of aryl methyl sites for hydroxylation is 1. The average Bonchev–Trinajstić information content (AvgIpc) is 2.69. The molecule has 0 atom stereocenters. The summed E-state index contributed by atoms with van der Waals surface area (Å²) in [5.74, 6) is -0.763. The van der Waals surface area contributed by atoms with Crippen LogP contribution in [0.2, 0.25) is 0 Å². The van der Waals surface area contributed by atoms with Crippen LogP contribution in [0.5, 0.6) is 5.75 Å². The minimum Gasteiger partial charge on any atom is -0.416 e. The fourth-order valence-electron chi connectivity index (χ4n) is 2.36. The number of ether oxygens (including phenoxy) is 1. The van der Waals surface area contributed by atoms with Gasteiger partial charge in [-0.2, -0.15) is 0 Å². The molecule has 0 aliphatic carbocycles. The normalized spacial score (nSPS) is 10.7. The second kappa shape index (κ2) is 8.05. The van der Waals surface area contributed by atoms with Crippen LogP contribution in [0.25, 0.3) is 0 Å². The molecule has 0 saturated heterocycles. The number of benzene rings is 3. The quantitative estimate of drug-likeness (QED) is 0.214. The second-order valence-electron chi connectivity index (χ2n) is 5.83. The Hall–Kier alpha value is -3.80. The van der Waals surface area contributed by atoms with Gasteiger partial charge >= 0.3 is 11.7 Å². The van der Waals surface area contributed by atoms with Crippen LogP contribution in [-0.4, -0.2) is 17.1 Å². The lowest BCUT2D eigenvalue weighted by Crippen LogP contribution is -2.09. The lowest BCUT2D eigenvalue weighted by molar-refractivity contribution is -0.385. The lowest BCUT2D eigenvalue weighted by atomic mass is 10.2. The zero-order valence-corrected chi connectivity index (χ0v) is 14.5. The molecule has 0 spiro atoms. The van der Waals surface area contributed by atoms with E-state index < -0.39 is 10.9 Å². The summed E-state index contributed by atoms with van der Waals surface area (Å²) < 4.78 is 5.20. The topological polar surface area (TPSA) is 81.8 Å². The van der Waals surface area contributed by atoms with E-state index in [9.17, 15) is 14.9 Å². The molecule has 0 aromatic heterocycles. The van der Waals surface area contributed by atoms with Crippen molar-refractivity contribution in [1.82, 2.24) is 0 Å². The maximum Gasteiger partial charge on any atom is 0.343 e. The van der Waals surface area contributed by atoms with Gasteiger partial charge in [0.1, 0.15) is 0 Å². The van der Waals surface area contributed by atoms with Crippen molar-refractivity contribution in [2.24, 2.45) is 4.99 Å². The highest BCUT2D eigenvalue weighted by Gasteiger charge is 2.19. The molecule has 0 bridgehead atoms. The molecule has 6 heteroatoms. The SMILES string of the molecule is Cc1ccc(N=Cc2ccc(OC(=O)c3ccccc3)c([N+](=O)[O-])c2)cc1. The van der Waals surface area contributed by atoms with Gasteiger partial charge in [0.15, 0.2) is 0 Å². The van der Waals surface area contributed by atoms with Gasteiger partial charge in [0.2, 0.25) is 5.75 Å². The van der Waals surface area contributed by atoms with Gasteiger partial charge in [-0.1, -0.05) is 35.9 Å². The van der Waals surface area contributed by atoms with Crippen LogP contribution in [0.3, 0.4) is 0 Å². The standard InChI is InChI=1S/C21H16N2O4/c1-15-7-10-18(11-8-15)22-14-16-9-12-20(19(13-16)23(25)26)27-21(24)17-5-3-2-4-6-17/h2-14H,1H3. The van der Waals surface area contributed by atoms with Crippen molar-refractivity contribution in [1.29, 1.82) is 0 Å². The van der Waals surface area contributed by atoms with Gasteiger partial charge < -0.3 is 4.74 Å². The second-order valence-corrected chi connectivity index (χ2v) is 5.83. The van der Waals surface area contributed by atoms with E-state index in [1.165, 1.54) is 18.3 Å². The highest BCUT2D eigenvalue weighted by Crippen LogP contribution is 2.28. The number of rotatable bonds is 5. The van der Waals surface area contributed by atoms with Gasteiger partial charge in [-0.3, -0.25) is 15.1 Å². The number of nitro groups is 1. The van der Waals surface area contributed by atoms with Gasteiger partial charge in [0.05, 0.1) is 16.2 Å². The maximum atomic E-state index is 12.1. The van der Waals surface area contributed by atoms with Gasteiger partial charge in [0, 0.05) is 12.3 Å². The first-order valence-corrected chi connectivity index (χ1v) is 8.19. The summed E-state index contributed by atoms with van der Waals surface area (Å²) in [5.41, 5.74) is 2.41. The van der Waals surface area contributed by atoms with Crippen LogP contribution < -0.4 is 4.74 Å². The predicted octanol–water partition coefficient (Wildman–Crippen LogP) is 4.87. The molecule has 3 aromatic carbocycles. The molecule has 0 heterocycles. The fraction of sp³-hybridized carbons (Fsp3) is 0.0476. The van der Waals surface area contributed by atoms with E-state index in [0.29, 0.717) is 11.1 Å². The summed E-state index contributed by atoms with van der Waals surface area (Å²) in [4.78, 5) is 27.2. The number of carbonyl (C=O) groups excluding carboxylic acids is 1. The molecule has 0 fully saturated rings. The Morgan fingerprint density at radius 1 is 1.04 bits per heavy atom. The summed E-state index contributed by atoms with van der Waals surface area (Å²) in [6, 6.07) is 20.2. The van der Waals surface area contributed by atoms with Gasteiger partial charge in [-0.05, 0) is 48.9 Å². The maximum absolute atomic E-state index is 12.1. The Morgan fingerprint density at radius 2 is 1.74 bits per heavy atom. The molecule has 0 unspecified atom stereocenters. The average molecular weight is 360 g/mol. The number of carbonyl (C=O) groups is 1. The Morgan fingerprint density at radius 3 is 2.41 bits per heavy atom. The van der Waals surface area contributed by atoms with Gasteiger partial charge in [0.25, 0.3) is 0 Å². The van der Waals surface area contributed by atoms with E-state index in [1.807, 2.05) is 31.2 Å². The van der Waals surface area contributed by atoms with Crippen molar-refractivity contribution >= 4 is 23.6 Å². The van der Waals surface area contributed by atoms with Gasteiger partial charge in [-0.25, -0.2) is 4.79 Å². The molecule has 0 aliphatic rings. The van der Waals surface area contributed by atoms with Crippen LogP contribution in [0, 0.1) is 17.0 Å². The molecular weight excluding hydrogens is 344 g/mol. The molecule has 3 rings (SSSR count). The van der Waals surface area contributed by atoms with Crippen molar-refractivity contribution in [3.05, 3.63) is 99.6 Å². The monoisotopic (exact) mass is 360 g/mol. The molecule has 0 aliphatic heterocycles. The fourth-order valence-corrected chi connectivity index (χ4v) is 2.36. The van der Waals surface area contributed by atoms with Gasteiger partial charge in [-0.15, -0.1) is 0 Å². The molecule has 0 amide bonds. The smallest absolute Gasteiger partial charge is 0.343 e. The Bertz CT molecular complexity index is 996. The number of esters is 1. The summed E-state index contributed by atoms with van der Waals surface area (Å²) in [6.45, 7) is 1.98. The zero-order valence-electron chi connectivity index (χ0n) is 14.5. The Kier molecular flexibility index (Phi) is 5.37. The van der Waals surface area contributed by atoms with Crippen molar-refractivity contribution < 1.29 is 14.5 Å². The number of nitrogens with zero attached hydrogens (tertiary/aromatic N) is 2. The molecular formula is C21H16N2O4. The van der Waals surface area contributed by atoms with Crippen molar-refractivity contribution in [2.45, 2.75) is 6.92 Å². The summed E-state index contributed by atoms with van der Waals surface area (Å²) in [6.07, 6.45) is 1.53. The summed E-state index contributed by atoms with van der Waals surface area (Å²) in [7, 11) is 0. The molecule has 0 N–H and O–H groups in total. The van der Waals surface area contributed by atoms with E-state index in [-0.39, 0.29) is 11.4 Å². The van der Waals surface area contributed by atoms with Crippen molar-refractivity contribution in [3.8, 4) is 5.75 Å².